The summed E-state index contributed by atoms with van der Waals surface area (Å²) < 4.78 is 0. The van der Waals surface area contributed by atoms with Gasteiger partial charge in [-0.05, 0) is 69.1 Å². The number of hydrogen-bond donors (Lipinski definition) is 0. The number of unbranched alkanes of at least 4 members (excludes halogenated alkanes) is 10. The summed E-state index contributed by atoms with van der Waals surface area (Å²) in [5, 5.41) is 8.38. The lowest BCUT2D eigenvalue weighted by Gasteiger charge is -2.11. The molecule has 0 atom stereocenters. The maximum absolute atomic E-state index is 2.47. The summed E-state index contributed by atoms with van der Waals surface area (Å²) in [5.74, 6) is 0. The minimum Gasteiger partial charge on any atom is -0.0654 e. The molecule has 4 aromatic carbocycles. The van der Waals surface area contributed by atoms with Gasteiger partial charge in [0.2, 0.25) is 0 Å². The molecule has 0 aliphatic heterocycles. The maximum atomic E-state index is 2.47. The van der Waals surface area contributed by atoms with Gasteiger partial charge in [-0.2, -0.15) is 0 Å². The fourth-order valence-corrected chi connectivity index (χ4v) is 5.49. The van der Waals surface area contributed by atoms with Gasteiger partial charge >= 0.3 is 0 Å². The van der Waals surface area contributed by atoms with Crippen LogP contribution in [-0.2, 0) is 12.8 Å². The Labute approximate surface area is 207 Å². The second-order valence-electron chi connectivity index (χ2n) is 10.4. The molecule has 0 nitrogen and oxygen atoms in total. The Kier molecular flexibility index (Phi) is 9.43. The van der Waals surface area contributed by atoms with E-state index in [1.165, 1.54) is 133 Å². The Bertz CT molecular complexity index is 1090. The second-order valence-corrected chi connectivity index (χ2v) is 10.4. The fraction of sp³-hybridized carbons (Fsp3) is 0.471. The minimum atomic E-state index is 1.20. The first-order chi connectivity index (χ1) is 16.8. The van der Waals surface area contributed by atoms with E-state index in [2.05, 4.69) is 74.5 Å². The summed E-state index contributed by atoms with van der Waals surface area (Å²) in [5.41, 5.74) is 2.99. The normalized spacial score (nSPS) is 11.7. The number of fused-ring (bicyclic) bond motifs is 5. The van der Waals surface area contributed by atoms with Crippen LogP contribution in [0, 0.1) is 0 Å². The van der Waals surface area contributed by atoms with Crippen molar-refractivity contribution >= 4 is 32.3 Å². The lowest BCUT2D eigenvalue weighted by Crippen LogP contribution is -1.89. The minimum absolute atomic E-state index is 1.20. The van der Waals surface area contributed by atoms with Crippen LogP contribution in [0.15, 0.2) is 60.7 Å². The molecule has 4 rings (SSSR count). The molecule has 0 bridgehead atoms. The van der Waals surface area contributed by atoms with Crippen molar-refractivity contribution in [2.24, 2.45) is 0 Å². The van der Waals surface area contributed by atoms with Gasteiger partial charge in [0.05, 0.1) is 0 Å². The largest absolute Gasteiger partial charge is 0.0654 e. The van der Waals surface area contributed by atoms with E-state index in [-0.39, 0.29) is 0 Å². The summed E-state index contributed by atoms with van der Waals surface area (Å²) in [6, 6.07) is 23.6. The van der Waals surface area contributed by atoms with Crippen LogP contribution >= 0.6 is 0 Å². The van der Waals surface area contributed by atoms with E-state index in [1.807, 2.05) is 0 Å². The van der Waals surface area contributed by atoms with Crippen molar-refractivity contribution in [3.8, 4) is 0 Å². The van der Waals surface area contributed by atoms with Crippen LogP contribution in [0.5, 0.6) is 0 Å². The number of hydrogen-bond acceptors (Lipinski definition) is 0. The molecule has 0 saturated carbocycles. The zero-order valence-corrected chi connectivity index (χ0v) is 21.7. The van der Waals surface area contributed by atoms with E-state index in [4.69, 9.17) is 0 Å². The van der Waals surface area contributed by atoms with Gasteiger partial charge in [0, 0.05) is 0 Å². The van der Waals surface area contributed by atoms with E-state index in [1.54, 1.807) is 0 Å². The topological polar surface area (TPSA) is 0 Å². The summed E-state index contributed by atoms with van der Waals surface area (Å²) in [4.78, 5) is 0. The third-order valence-electron chi connectivity index (χ3n) is 7.60. The molecule has 0 heterocycles. The molecule has 0 amide bonds. The average molecular weight is 453 g/mol. The van der Waals surface area contributed by atoms with Crippen molar-refractivity contribution in [3.63, 3.8) is 0 Å². The zero-order chi connectivity index (χ0) is 23.6. The third-order valence-corrected chi connectivity index (χ3v) is 7.60. The van der Waals surface area contributed by atoms with Crippen LogP contribution < -0.4 is 0 Å². The fourth-order valence-electron chi connectivity index (χ4n) is 5.49. The quantitative estimate of drug-likeness (QED) is 0.132. The van der Waals surface area contributed by atoms with Gasteiger partial charge in [0.15, 0.2) is 0 Å². The monoisotopic (exact) mass is 452 g/mol. The molecule has 0 N–H and O–H groups in total. The highest BCUT2D eigenvalue weighted by Crippen LogP contribution is 2.33. The van der Waals surface area contributed by atoms with Crippen molar-refractivity contribution in [2.45, 2.75) is 104 Å². The molecular formula is C34H44. The van der Waals surface area contributed by atoms with Crippen molar-refractivity contribution in [1.29, 1.82) is 0 Å². The van der Waals surface area contributed by atoms with Gasteiger partial charge in [-0.15, -0.1) is 0 Å². The molecule has 0 spiro atoms. The van der Waals surface area contributed by atoms with Crippen molar-refractivity contribution in [2.75, 3.05) is 0 Å². The molecule has 180 valence electrons. The highest BCUT2D eigenvalue weighted by molar-refractivity contribution is 6.17. The Morgan fingerprint density at radius 2 is 0.765 bits per heavy atom. The second kappa shape index (κ2) is 12.9. The maximum Gasteiger partial charge on any atom is -0.00989 e. The van der Waals surface area contributed by atoms with Crippen LogP contribution in [0.25, 0.3) is 32.3 Å². The molecular weight excluding hydrogens is 408 g/mol. The van der Waals surface area contributed by atoms with Crippen molar-refractivity contribution < 1.29 is 0 Å². The third kappa shape index (κ3) is 6.41. The number of benzene rings is 4. The summed E-state index contributed by atoms with van der Waals surface area (Å²) in [6.07, 6.45) is 18.7. The number of rotatable bonds is 14. The van der Waals surface area contributed by atoms with Gasteiger partial charge in [0.25, 0.3) is 0 Å². The molecule has 4 aromatic rings. The Balaban J connectivity index is 1.52. The smallest absolute Gasteiger partial charge is 0.00989 e. The standard InChI is InChI=1S/C34H44/c1-3-5-7-9-11-13-15-27-17-19-29-21-24-32-31(33(29)25-27)23-22-30-20-18-28(26-34(30)32)16-14-12-10-8-6-4-2/h17-26H,3-16H2,1-2H3. The molecule has 0 aromatic heterocycles. The van der Waals surface area contributed by atoms with Gasteiger partial charge in [-0.1, -0.05) is 139 Å². The van der Waals surface area contributed by atoms with E-state index >= 15 is 0 Å². The van der Waals surface area contributed by atoms with Crippen LogP contribution in [0.4, 0.5) is 0 Å². The summed E-state index contributed by atoms with van der Waals surface area (Å²) in [7, 11) is 0. The molecule has 34 heavy (non-hydrogen) atoms. The first-order valence-electron chi connectivity index (χ1n) is 14.2. The van der Waals surface area contributed by atoms with Crippen LogP contribution in [0.1, 0.15) is 102 Å². The Hall–Kier alpha value is -2.34. The summed E-state index contributed by atoms with van der Waals surface area (Å²) >= 11 is 0. The van der Waals surface area contributed by atoms with E-state index in [0.29, 0.717) is 0 Å². The molecule has 0 fully saturated rings. The molecule has 0 unspecified atom stereocenters. The van der Waals surface area contributed by atoms with Crippen LogP contribution in [0.3, 0.4) is 0 Å². The zero-order valence-electron chi connectivity index (χ0n) is 21.7. The van der Waals surface area contributed by atoms with E-state index in [0.717, 1.165) is 0 Å². The number of aryl methyl sites for hydroxylation is 2. The average Bonchev–Trinajstić information content (AvgIpc) is 2.87. The molecule has 0 aliphatic rings. The first-order valence-corrected chi connectivity index (χ1v) is 14.2. The van der Waals surface area contributed by atoms with Gasteiger partial charge < -0.3 is 0 Å². The van der Waals surface area contributed by atoms with E-state index in [9.17, 15) is 0 Å². The predicted molar refractivity (Wildman–Crippen MR) is 153 cm³/mol. The van der Waals surface area contributed by atoms with Crippen molar-refractivity contribution in [3.05, 3.63) is 71.8 Å². The Morgan fingerprint density at radius 1 is 0.382 bits per heavy atom. The SMILES string of the molecule is CCCCCCCCc1ccc2ccc3c4cc(CCCCCCCC)ccc4ccc3c2c1. The lowest BCUT2D eigenvalue weighted by atomic mass is 9.93. The highest BCUT2D eigenvalue weighted by Gasteiger charge is 2.07. The van der Waals surface area contributed by atoms with Gasteiger partial charge in [-0.3, -0.25) is 0 Å². The molecule has 0 saturated heterocycles. The molecule has 0 radical (unpaired) electrons. The Morgan fingerprint density at radius 3 is 1.21 bits per heavy atom. The van der Waals surface area contributed by atoms with Crippen LogP contribution in [0.2, 0.25) is 0 Å². The predicted octanol–water partition coefficient (Wildman–Crippen LogP) is 11.0. The first kappa shape index (κ1) is 24.8. The van der Waals surface area contributed by atoms with Gasteiger partial charge in [0.1, 0.15) is 0 Å². The lowest BCUT2D eigenvalue weighted by molar-refractivity contribution is 0.607. The van der Waals surface area contributed by atoms with Gasteiger partial charge in [-0.25, -0.2) is 0 Å². The molecule has 0 aliphatic carbocycles. The summed E-state index contributed by atoms with van der Waals surface area (Å²) in [6.45, 7) is 4.58. The molecule has 0 heteroatoms. The highest BCUT2D eigenvalue weighted by atomic mass is 14.1. The van der Waals surface area contributed by atoms with Crippen molar-refractivity contribution in [1.82, 2.24) is 0 Å². The van der Waals surface area contributed by atoms with Crippen LogP contribution in [-0.4, -0.2) is 0 Å². The van der Waals surface area contributed by atoms with E-state index < -0.39 is 0 Å².